The molecule has 4 unspecified atom stereocenters. The quantitative estimate of drug-likeness (QED) is 0.845. The van der Waals surface area contributed by atoms with Gasteiger partial charge in [0.1, 0.15) is 0 Å². The fraction of sp³-hybridized carbons (Fsp3) is 0.647. The van der Waals surface area contributed by atoms with Crippen LogP contribution in [0.5, 0.6) is 5.75 Å². The van der Waals surface area contributed by atoms with Crippen molar-refractivity contribution < 1.29 is 13.7 Å². The predicted molar refractivity (Wildman–Crippen MR) is 83.4 cm³/mol. The van der Waals surface area contributed by atoms with Crippen molar-refractivity contribution >= 4 is 18.3 Å². The molecule has 0 heterocycles. The maximum absolute atomic E-state index is 12.9. The molecular formula is C17H24O3Se. The third-order valence-corrected chi connectivity index (χ3v) is 9.40. The van der Waals surface area contributed by atoms with E-state index in [0.29, 0.717) is 11.2 Å². The van der Waals surface area contributed by atoms with Gasteiger partial charge in [-0.1, -0.05) is 0 Å². The second kappa shape index (κ2) is 5.19. The second-order valence-corrected chi connectivity index (χ2v) is 10.1. The summed E-state index contributed by atoms with van der Waals surface area (Å²) in [6.45, 7) is 4.52. The van der Waals surface area contributed by atoms with Crippen LogP contribution in [0.15, 0.2) is 24.3 Å². The van der Waals surface area contributed by atoms with Crippen molar-refractivity contribution in [2.45, 2.75) is 44.5 Å². The summed E-state index contributed by atoms with van der Waals surface area (Å²) in [5.74, 6) is 1.38. The van der Waals surface area contributed by atoms with Crippen molar-refractivity contribution in [2.75, 3.05) is 7.11 Å². The van der Waals surface area contributed by atoms with Crippen LogP contribution in [0, 0.1) is 16.7 Å². The molecule has 0 aromatic heterocycles. The van der Waals surface area contributed by atoms with Crippen LogP contribution in [0.2, 0.25) is 5.32 Å². The first-order valence-corrected chi connectivity index (χ1v) is 10.4. The zero-order chi connectivity index (χ0) is 15.3. The van der Waals surface area contributed by atoms with Crippen LogP contribution >= 0.6 is 0 Å². The summed E-state index contributed by atoms with van der Waals surface area (Å²) in [6, 6.07) is 7.56. The van der Waals surface area contributed by atoms with Crippen LogP contribution in [0.1, 0.15) is 33.1 Å². The minimum atomic E-state index is -2.14. The Labute approximate surface area is 130 Å². The van der Waals surface area contributed by atoms with Gasteiger partial charge in [0.2, 0.25) is 0 Å². The van der Waals surface area contributed by atoms with Gasteiger partial charge in [0.25, 0.3) is 0 Å². The number of fused-ring (bicyclic) bond motifs is 2. The van der Waals surface area contributed by atoms with E-state index in [1.54, 1.807) is 7.11 Å². The fourth-order valence-electron chi connectivity index (χ4n) is 4.42. The van der Waals surface area contributed by atoms with Gasteiger partial charge in [-0.2, -0.15) is 0 Å². The number of hydrogen-bond acceptors (Lipinski definition) is 3. The van der Waals surface area contributed by atoms with E-state index >= 15 is 0 Å². The number of ether oxygens (including phenoxy) is 1. The SMILES string of the molecule is COc1ccc([Se](=O)CC23CCC(CC2O)C3(C)C)cc1. The Morgan fingerprint density at radius 1 is 1.33 bits per heavy atom. The molecule has 2 aliphatic carbocycles. The van der Waals surface area contributed by atoms with Gasteiger partial charge in [-0.05, 0) is 0 Å². The molecule has 0 amide bonds. The molecule has 21 heavy (non-hydrogen) atoms. The molecule has 0 saturated heterocycles. The molecule has 0 spiro atoms. The van der Waals surface area contributed by atoms with E-state index in [2.05, 4.69) is 13.8 Å². The Hall–Kier alpha value is -0.701. The molecule has 1 N–H and O–H groups in total. The van der Waals surface area contributed by atoms with Gasteiger partial charge in [-0.25, -0.2) is 0 Å². The molecule has 2 saturated carbocycles. The van der Waals surface area contributed by atoms with Crippen molar-refractivity contribution in [3.63, 3.8) is 0 Å². The minimum absolute atomic E-state index is 0.102. The van der Waals surface area contributed by atoms with Gasteiger partial charge in [0.15, 0.2) is 0 Å². The summed E-state index contributed by atoms with van der Waals surface area (Å²) in [5, 5.41) is 11.2. The van der Waals surface area contributed by atoms with Crippen molar-refractivity contribution in [3.8, 4) is 5.75 Å². The Bertz CT molecular complexity index is 552. The molecule has 4 atom stereocenters. The summed E-state index contributed by atoms with van der Waals surface area (Å²) in [5.41, 5.74) is -0.0466. The molecule has 1 aromatic rings. The first-order valence-electron chi connectivity index (χ1n) is 7.61. The number of methoxy groups -OCH3 is 1. The molecule has 116 valence electrons. The van der Waals surface area contributed by atoms with Gasteiger partial charge in [-0.15, -0.1) is 0 Å². The zero-order valence-corrected chi connectivity index (χ0v) is 14.7. The number of aliphatic hydroxyl groups is 1. The zero-order valence-electron chi connectivity index (χ0n) is 13.0. The molecule has 4 heteroatoms. The van der Waals surface area contributed by atoms with Crippen LogP contribution in [0.4, 0.5) is 0 Å². The summed E-state index contributed by atoms with van der Waals surface area (Å²) in [4.78, 5) is 0. The van der Waals surface area contributed by atoms with E-state index in [4.69, 9.17) is 4.74 Å². The van der Waals surface area contributed by atoms with E-state index < -0.39 is 13.8 Å². The van der Waals surface area contributed by atoms with Crippen LogP contribution in [-0.4, -0.2) is 32.2 Å². The fourth-order valence-corrected chi connectivity index (χ4v) is 8.16. The van der Waals surface area contributed by atoms with Crippen LogP contribution < -0.4 is 9.20 Å². The molecule has 3 rings (SSSR count). The molecule has 1 aromatic carbocycles. The third-order valence-electron chi connectivity index (χ3n) is 6.10. The number of rotatable bonds is 4. The average molecular weight is 355 g/mol. The van der Waals surface area contributed by atoms with E-state index in [-0.39, 0.29) is 16.9 Å². The Kier molecular flexibility index (Phi) is 3.76. The summed E-state index contributed by atoms with van der Waals surface area (Å²) in [6.07, 6.45) is 2.79. The number of aliphatic hydroxyl groups excluding tert-OH is 1. The van der Waals surface area contributed by atoms with E-state index in [0.717, 1.165) is 23.1 Å². The van der Waals surface area contributed by atoms with Crippen molar-refractivity contribution in [3.05, 3.63) is 24.3 Å². The van der Waals surface area contributed by atoms with Gasteiger partial charge in [0, 0.05) is 0 Å². The normalized spacial score (nSPS) is 34.9. The third kappa shape index (κ3) is 2.19. The van der Waals surface area contributed by atoms with Crippen LogP contribution in [0.25, 0.3) is 0 Å². The second-order valence-electron chi connectivity index (χ2n) is 7.03. The molecule has 2 bridgehead atoms. The molecule has 2 fully saturated rings. The summed E-state index contributed by atoms with van der Waals surface area (Å²) < 4.78 is 18.9. The first-order chi connectivity index (χ1) is 9.90. The first kappa shape index (κ1) is 15.2. The van der Waals surface area contributed by atoms with Gasteiger partial charge in [-0.3, -0.25) is 0 Å². The van der Waals surface area contributed by atoms with Crippen molar-refractivity contribution in [2.24, 2.45) is 16.7 Å². The van der Waals surface area contributed by atoms with Crippen molar-refractivity contribution in [1.29, 1.82) is 0 Å². The number of benzene rings is 1. The Balaban J connectivity index is 1.83. The summed E-state index contributed by atoms with van der Waals surface area (Å²) in [7, 11) is 1.63. The Morgan fingerprint density at radius 3 is 2.48 bits per heavy atom. The van der Waals surface area contributed by atoms with E-state index in [1.807, 2.05) is 24.3 Å². The van der Waals surface area contributed by atoms with Gasteiger partial charge in [0.05, 0.1) is 0 Å². The number of hydrogen-bond donors (Lipinski definition) is 1. The predicted octanol–water partition coefficient (Wildman–Crippen LogP) is 2.51. The van der Waals surface area contributed by atoms with E-state index in [9.17, 15) is 8.94 Å². The maximum atomic E-state index is 12.9. The molecule has 3 nitrogen and oxygen atoms in total. The standard InChI is InChI=1S/C17H24O3Se/c1-16(2)12-8-9-17(16,15(18)10-12)11-21(19)14-6-4-13(20-3)5-7-14/h4-7,12,15,18H,8-11H2,1-3H3. The van der Waals surface area contributed by atoms with Crippen LogP contribution in [0.3, 0.4) is 0 Å². The average Bonchev–Trinajstić information content (AvgIpc) is 2.81. The van der Waals surface area contributed by atoms with Gasteiger partial charge < -0.3 is 0 Å². The van der Waals surface area contributed by atoms with Gasteiger partial charge >= 0.3 is 130 Å². The van der Waals surface area contributed by atoms with E-state index in [1.165, 1.54) is 6.42 Å². The molecule has 0 radical (unpaired) electrons. The van der Waals surface area contributed by atoms with Crippen LogP contribution in [-0.2, 0) is 3.83 Å². The molecule has 0 aliphatic heterocycles. The van der Waals surface area contributed by atoms with Crippen molar-refractivity contribution in [1.82, 2.24) is 0 Å². The summed E-state index contributed by atoms with van der Waals surface area (Å²) >= 11 is -2.14. The molecule has 2 aliphatic rings. The monoisotopic (exact) mass is 356 g/mol. The topological polar surface area (TPSA) is 46.5 Å². The molecular weight excluding hydrogens is 331 g/mol. The Morgan fingerprint density at radius 2 is 2.00 bits per heavy atom.